The van der Waals surface area contributed by atoms with Crippen LogP contribution in [0.15, 0.2) is 40.9 Å². The lowest BCUT2D eigenvalue weighted by atomic mass is 10.1. The summed E-state index contributed by atoms with van der Waals surface area (Å²) in [5.74, 6) is 0.985. The minimum Gasteiger partial charge on any atom is -0.496 e. The minimum atomic E-state index is -0.323. The normalized spacial score (nSPS) is 10.7. The summed E-state index contributed by atoms with van der Waals surface area (Å²) < 4.78 is 24.1. The Labute approximate surface area is 162 Å². The largest absolute Gasteiger partial charge is 0.496 e. The van der Waals surface area contributed by atoms with Crippen LogP contribution in [0.4, 0.5) is 4.39 Å². The molecule has 3 aromatic rings. The maximum atomic E-state index is 13.7. The molecular weight excluding hydrogens is 361 g/mol. The lowest BCUT2D eigenvalue weighted by Crippen LogP contribution is -2.23. The predicted molar refractivity (Wildman–Crippen MR) is 102 cm³/mol. The van der Waals surface area contributed by atoms with Gasteiger partial charge in [0, 0.05) is 24.9 Å². The molecule has 0 saturated heterocycles. The van der Waals surface area contributed by atoms with Crippen LogP contribution in [0.3, 0.4) is 0 Å². The van der Waals surface area contributed by atoms with Gasteiger partial charge in [-0.2, -0.15) is 4.98 Å². The predicted octanol–water partition coefficient (Wildman–Crippen LogP) is 3.75. The highest BCUT2D eigenvalue weighted by molar-refractivity contribution is 5.76. The fourth-order valence-electron chi connectivity index (χ4n) is 2.69. The molecule has 0 aliphatic rings. The number of rotatable bonds is 7. The molecule has 3 rings (SSSR count). The highest BCUT2D eigenvalue weighted by atomic mass is 19.1. The third-order valence-corrected chi connectivity index (χ3v) is 4.43. The van der Waals surface area contributed by atoms with Crippen molar-refractivity contribution in [3.8, 4) is 17.1 Å². The fraction of sp³-hybridized carbons (Fsp3) is 0.286. The van der Waals surface area contributed by atoms with Gasteiger partial charge in [-0.1, -0.05) is 29.4 Å². The topological polar surface area (TPSA) is 77.2 Å². The number of ether oxygens (including phenoxy) is 1. The van der Waals surface area contributed by atoms with E-state index in [2.05, 4.69) is 15.5 Å². The van der Waals surface area contributed by atoms with Crippen molar-refractivity contribution in [1.82, 2.24) is 15.5 Å². The van der Waals surface area contributed by atoms with Gasteiger partial charge in [0.05, 0.1) is 7.11 Å². The minimum absolute atomic E-state index is 0.124. The molecule has 7 heteroatoms. The lowest BCUT2D eigenvalue weighted by Gasteiger charge is -2.08. The molecule has 0 aliphatic heterocycles. The first-order valence-electron chi connectivity index (χ1n) is 8.95. The van der Waals surface area contributed by atoms with E-state index in [1.54, 1.807) is 26.2 Å². The summed E-state index contributed by atoms with van der Waals surface area (Å²) in [4.78, 5) is 16.3. The van der Waals surface area contributed by atoms with E-state index < -0.39 is 0 Å². The molecule has 2 aromatic carbocycles. The Balaban J connectivity index is 1.52. The molecular formula is C21H22FN3O3. The second-order valence-electron chi connectivity index (χ2n) is 6.56. The maximum Gasteiger partial charge on any atom is 0.227 e. The Morgan fingerprint density at radius 1 is 1.18 bits per heavy atom. The van der Waals surface area contributed by atoms with Gasteiger partial charge in [0.25, 0.3) is 0 Å². The molecule has 1 N–H and O–H groups in total. The standard InChI is InChI=1S/C21H22FN3O3/c1-13-5-7-16(11-17(13)22)21-24-20(28-25-21)9-8-19(26)23-12-15-6-4-14(2)18(10-15)27-3/h4-7,10-11H,8-9,12H2,1-3H3,(H,23,26). The van der Waals surface area contributed by atoms with Gasteiger partial charge >= 0.3 is 0 Å². The number of amides is 1. The van der Waals surface area contributed by atoms with Crippen LogP contribution in [0.1, 0.15) is 29.0 Å². The second kappa shape index (κ2) is 8.65. The summed E-state index contributed by atoms with van der Waals surface area (Å²) in [6.45, 7) is 4.06. The third-order valence-electron chi connectivity index (χ3n) is 4.43. The summed E-state index contributed by atoms with van der Waals surface area (Å²) in [6.07, 6.45) is 0.525. The van der Waals surface area contributed by atoms with E-state index in [0.29, 0.717) is 35.8 Å². The third kappa shape index (κ3) is 4.73. The van der Waals surface area contributed by atoms with E-state index in [-0.39, 0.29) is 18.1 Å². The Morgan fingerprint density at radius 2 is 1.96 bits per heavy atom. The molecule has 1 aromatic heterocycles. The molecule has 146 valence electrons. The van der Waals surface area contributed by atoms with Crippen LogP contribution >= 0.6 is 0 Å². The lowest BCUT2D eigenvalue weighted by molar-refractivity contribution is -0.121. The summed E-state index contributed by atoms with van der Waals surface area (Å²) in [5.41, 5.74) is 3.08. The van der Waals surface area contributed by atoms with Gasteiger partial charge in [0.1, 0.15) is 11.6 Å². The number of hydrogen-bond donors (Lipinski definition) is 1. The molecule has 1 amide bonds. The average molecular weight is 383 g/mol. The molecule has 0 atom stereocenters. The molecule has 0 bridgehead atoms. The second-order valence-corrected chi connectivity index (χ2v) is 6.56. The number of nitrogens with one attached hydrogen (secondary N) is 1. The molecule has 6 nitrogen and oxygen atoms in total. The Morgan fingerprint density at radius 3 is 2.71 bits per heavy atom. The number of benzene rings is 2. The van der Waals surface area contributed by atoms with E-state index in [9.17, 15) is 9.18 Å². The summed E-state index contributed by atoms with van der Waals surface area (Å²) >= 11 is 0. The summed E-state index contributed by atoms with van der Waals surface area (Å²) in [6, 6.07) is 10.6. The highest BCUT2D eigenvalue weighted by Crippen LogP contribution is 2.20. The number of methoxy groups -OCH3 is 1. The maximum absolute atomic E-state index is 13.7. The molecule has 0 spiro atoms. The highest BCUT2D eigenvalue weighted by Gasteiger charge is 2.12. The van der Waals surface area contributed by atoms with Crippen LogP contribution in [0, 0.1) is 19.7 Å². The van der Waals surface area contributed by atoms with Crippen molar-refractivity contribution < 1.29 is 18.4 Å². The van der Waals surface area contributed by atoms with Gasteiger partial charge in [-0.3, -0.25) is 4.79 Å². The summed E-state index contributed by atoms with van der Waals surface area (Å²) in [7, 11) is 1.62. The molecule has 28 heavy (non-hydrogen) atoms. The van der Waals surface area contributed by atoms with E-state index in [1.807, 2.05) is 25.1 Å². The van der Waals surface area contributed by atoms with Gasteiger partial charge in [-0.25, -0.2) is 4.39 Å². The van der Waals surface area contributed by atoms with Crippen molar-refractivity contribution >= 4 is 5.91 Å². The van der Waals surface area contributed by atoms with Crippen LogP contribution in [-0.2, 0) is 17.8 Å². The number of hydrogen-bond acceptors (Lipinski definition) is 5. The van der Waals surface area contributed by atoms with E-state index in [4.69, 9.17) is 9.26 Å². The monoisotopic (exact) mass is 383 g/mol. The molecule has 0 aliphatic carbocycles. The van der Waals surface area contributed by atoms with Crippen molar-refractivity contribution in [3.05, 3.63) is 64.8 Å². The number of nitrogens with zero attached hydrogens (tertiary/aromatic N) is 2. The molecule has 0 unspecified atom stereocenters. The van der Waals surface area contributed by atoms with Crippen molar-refractivity contribution in [2.75, 3.05) is 7.11 Å². The van der Waals surface area contributed by atoms with Crippen molar-refractivity contribution in [2.24, 2.45) is 0 Å². The van der Waals surface area contributed by atoms with E-state index in [0.717, 1.165) is 16.9 Å². The van der Waals surface area contributed by atoms with Gasteiger partial charge < -0.3 is 14.6 Å². The van der Waals surface area contributed by atoms with Gasteiger partial charge in [-0.15, -0.1) is 0 Å². The number of aryl methyl sites for hydroxylation is 3. The molecule has 0 fully saturated rings. The fourth-order valence-corrected chi connectivity index (χ4v) is 2.69. The SMILES string of the molecule is COc1cc(CNC(=O)CCc2nc(-c3ccc(C)c(F)c3)no2)ccc1C. The van der Waals surface area contributed by atoms with Crippen LogP contribution < -0.4 is 10.1 Å². The number of aromatic nitrogens is 2. The van der Waals surface area contributed by atoms with Crippen molar-refractivity contribution in [2.45, 2.75) is 33.2 Å². The summed E-state index contributed by atoms with van der Waals surface area (Å²) in [5, 5.41) is 6.72. The average Bonchev–Trinajstić information content (AvgIpc) is 3.17. The molecule has 0 radical (unpaired) electrons. The first-order chi connectivity index (χ1) is 13.5. The van der Waals surface area contributed by atoms with Crippen molar-refractivity contribution in [3.63, 3.8) is 0 Å². The molecule has 1 heterocycles. The Hall–Kier alpha value is -3.22. The zero-order valence-corrected chi connectivity index (χ0v) is 16.1. The quantitative estimate of drug-likeness (QED) is 0.672. The number of halogens is 1. The Bertz CT molecular complexity index is 985. The van der Waals surface area contributed by atoms with Crippen LogP contribution in [0.25, 0.3) is 11.4 Å². The van der Waals surface area contributed by atoms with Crippen LogP contribution in [0.5, 0.6) is 5.75 Å². The number of carbonyl (C=O) groups is 1. The van der Waals surface area contributed by atoms with Crippen LogP contribution in [-0.4, -0.2) is 23.2 Å². The van der Waals surface area contributed by atoms with Crippen molar-refractivity contribution in [1.29, 1.82) is 0 Å². The van der Waals surface area contributed by atoms with Gasteiger partial charge in [0.15, 0.2) is 0 Å². The van der Waals surface area contributed by atoms with E-state index >= 15 is 0 Å². The zero-order valence-electron chi connectivity index (χ0n) is 16.1. The first-order valence-corrected chi connectivity index (χ1v) is 8.95. The zero-order chi connectivity index (χ0) is 20.1. The first kappa shape index (κ1) is 19.5. The van der Waals surface area contributed by atoms with Gasteiger partial charge in [-0.05, 0) is 42.7 Å². The van der Waals surface area contributed by atoms with Crippen LogP contribution in [0.2, 0.25) is 0 Å². The van der Waals surface area contributed by atoms with Gasteiger partial charge in [0.2, 0.25) is 17.6 Å². The number of carbonyl (C=O) groups excluding carboxylic acids is 1. The van der Waals surface area contributed by atoms with E-state index in [1.165, 1.54) is 6.07 Å². The Kier molecular flexibility index (Phi) is 6.03. The molecule has 0 saturated carbocycles. The smallest absolute Gasteiger partial charge is 0.227 e.